The summed E-state index contributed by atoms with van der Waals surface area (Å²) in [6.45, 7) is 4.95. The predicted octanol–water partition coefficient (Wildman–Crippen LogP) is 4.31. The first-order valence-corrected chi connectivity index (χ1v) is 8.86. The van der Waals surface area contributed by atoms with E-state index in [0.29, 0.717) is 19.6 Å². The summed E-state index contributed by atoms with van der Waals surface area (Å²) < 4.78 is 7.43. The van der Waals surface area contributed by atoms with Crippen LogP contribution in [-0.2, 0) is 9.53 Å². The lowest BCUT2D eigenvalue weighted by Gasteiger charge is -2.09. The molecule has 0 aliphatic heterocycles. The van der Waals surface area contributed by atoms with Crippen molar-refractivity contribution in [3.05, 3.63) is 54.4 Å². The monoisotopic (exact) mass is 347 g/mol. The molecule has 2 aromatic carbocycles. The van der Waals surface area contributed by atoms with E-state index < -0.39 is 0 Å². The van der Waals surface area contributed by atoms with Crippen molar-refractivity contribution in [2.45, 2.75) is 20.3 Å². The number of amides is 1. The zero-order valence-corrected chi connectivity index (χ0v) is 15.0. The maximum Gasteiger partial charge on any atom is 0.226 e. The van der Waals surface area contributed by atoms with E-state index in [1.807, 2.05) is 56.3 Å². The maximum atomic E-state index is 12.5. The molecule has 0 atom stereocenters. The van der Waals surface area contributed by atoms with Crippen molar-refractivity contribution < 1.29 is 9.53 Å². The Kier molecular flexibility index (Phi) is 4.31. The van der Waals surface area contributed by atoms with Gasteiger partial charge < -0.3 is 10.1 Å². The fourth-order valence-corrected chi connectivity index (χ4v) is 3.46. The molecule has 1 amide bonds. The van der Waals surface area contributed by atoms with Gasteiger partial charge in [0.15, 0.2) is 0 Å². The van der Waals surface area contributed by atoms with Crippen molar-refractivity contribution in [1.82, 2.24) is 9.38 Å². The first-order chi connectivity index (χ1) is 12.7. The highest BCUT2D eigenvalue weighted by Crippen LogP contribution is 2.36. The van der Waals surface area contributed by atoms with Crippen molar-refractivity contribution in [1.29, 1.82) is 0 Å². The summed E-state index contributed by atoms with van der Waals surface area (Å²) in [7, 11) is 0. The Morgan fingerprint density at radius 2 is 1.85 bits per heavy atom. The molecule has 0 fully saturated rings. The Hall–Kier alpha value is -2.92. The van der Waals surface area contributed by atoms with E-state index in [2.05, 4.69) is 15.8 Å². The van der Waals surface area contributed by atoms with Crippen LogP contribution in [0, 0.1) is 6.92 Å². The van der Waals surface area contributed by atoms with Gasteiger partial charge in [-0.25, -0.2) is 4.98 Å². The molecule has 5 heteroatoms. The minimum absolute atomic E-state index is 0.0461. The van der Waals surface area contributed by atoms with Gasteiger partial charge in [0.25, 0.3) is 0 Å². The van der Waals surface area contributed by atoms with Crippen LogP contribution >= 0.6 is 0 Å². The third-order valence-electron chi connectivity index (χ3n) is 4.58. The molecular weight excluding hydrogens is 326 g/mol. The number of para-hydroxylation sites is 2. The molecule has 0 bridgehead atoms. The third-order valence-corrected chi connectivity index (χ3v) is 4.58. The molecule has 0 saturated heterocycles. The highest BCUT2D eigenvalue weighted by molar-refractivity contribution is 6.16. The standard InChI is InChI=1S/C21H21N3O2/c1-3-26-13-12-19(25)23-20-16-9-5-7-11-18(16)24-14(2)22-17-10-6-4-8-15(17)21(20)24/h4-11H,3,12-13H2,1-2H3,(H,23,25). The van der Waals surface area contributed by atoms with Gasteiger partial charge in [0, 0.05) is 17.4 Å². The number of hydrogen-bond donors (Lipinski definition) is 1. The first-order valence-electron chi connectivity index (χ1n) is 8.86. The maximum absolute atomic E-state index is 12.5. The van der Waals surface area contributed by atoms with Crippen molar-refractivity contribution in [2.24, 2.45) is 0 Å². The molecule has 132 valence electrons. The fourth-order valence-electron chi connectivity index (χ4n) is 3.46. The molecule has 2 aromatic heterocycles. The summed E-state index contributed by atoms with van der Waals surface area (Å²) >= 11 is 0. The smallest absolute Gasteiger partial charge is 0.226 e. The number of ether oxygens (including phenoxy) is 1. The molecule has 2 heterocycles. The minimum atomic E-state index is -0.0461. The van der Waals surface area contributed by atoms with Gasteiger partial charge in [-0.2, -0.15) is 0 Å². The Morgan fingerprint density at radius 3 is 2.65 bits per heavy atom. The summed E-state index contributed by atoms with van der Waals surface area (Å²) in [5, 5.41) is 5.15. The van der Waals surface area contributed by atoms with Crippen molar-refractivity contribution in [3.63, 3.8) is 0 Å². The second kappa shape index (κ2) is 6.77. The zero-order chi connectivity index (χ0) is 18.1. The Bertz CT molecular complexity index is 1110. The second-order valence-corrected chi connectivity index (χ2v) is 6.25. The summed E-state index contributed by atoms with van der Waals surface area (Å²) in [4.78, 5) is 17.2. The van der Waals surface area contributed by atoms with Gasteiger partial charge in [-0.15, -0.1) is 0 Å². The zero-order valence-electron chi connectivity index (χ0n) is 15.0. The van der Waals surface area contributed by atoms with E-state index in [9.17, 15) is 4.79 Å². The number of fused-ring (bicyclic) bond motifs is 5. The summed E-state index contributed by atoms with van der Waals surface area (Å²) in [5.41, 5.74) is 3.78. The van der Waals surface area contributed by atoms with Crippen molar-refractivity contribution in [2.75, 3.05) is 18.5 Å². The van der Waals surface area contributed by atoms with Gasteiger partial charge in [0.2, 0.25) is 5.91 Å². The number of anilines is 1. The predicted molar refractivity (Wildman–Crippen MR) is 105 cm³/mol. The lowest BCUT2D eigenvalue weighted by molar-refractivity contribution is -0.117. The number of aromatic nitrogens is 2. The fraction of sp³-hybridized carbons (Fsp3) is 0.238. The number of hydrogen-bond acceptors (Lipinski definition) is 3. The second-order valence-electron chi connectivity index (χ2n) is 6.25. The number of rotatable bonds is 5. The van der Waals surface area contributed by atoms with Crippen molar-refractivity contribution in [3.8, 4) is 0 Å². The molecule has 4 aromatic rings. The van der Waals surface area contributed by atoms with Crippen LogP contribution in [0.5, 0.6) is 0 Å². The molecule has 0 saturated carbocycles. The van der Waals surface area contributed by atoms with Gasteiger partial charge in [-0.05, 0) is 26.0 Å². The molecular formula is C21H21N3O2. The van der Waals surface area contributed by atoms with Crippen LogP contribution in [0.25, 0.3) is 27.3 Å². The molecule has 4 rings (SSSR count). The minimum Gasteiger partial charge on any atom is -0.381 e. The molecule has 26 heavy (non-hydrogen) atoms. The topological polar surface area (TPSA) is 55.6 Å². The van der Waals surface area contributed by atoms with Crippen LogP contribution in [0.15, 0.2) is 48.5 Å². The van der Waals surface area contributed by atoms with Crippen LogP contribution in [0.4, 0.5) is 5.69 Å². The lowest BCUT2D eigenvalue weighted by Crippen LogP contribution is -2.14. The molecule has 0 radical (unpaired) electrons. The van der Waals surface area contributed by atoms with Gasteiger partial charge in [0.05, 0.1) is 35.3 Å². The van der Waals surface area contributed by atoms with Crippen molar-refractivity contribution >= 4 is 38.9 Å². The average molecular weight is 347 g/mol. The summed E-state index contributed by atoms with van der Waals surface area (Å²) in [6.07, 6.45) is 0.335. The van der Waals surface area contributed by atoms with E-state index in [4.69, 9.17) is 9.72 Å². The van der Waals surface area contributed by atoms with Crippen LogP contribution in [0.3, 0.4) is 0 Å². The highest BCUT2D eigenvalue weighted by atomic mass is 16.5. The number of carbonyl (C=O) groups is 1. The average Bonchev–Trinajstić information content (AvgIpc) is 2.97. The molecule has 0 spiro atoms. The number of aryl methyl sites for hydroxylation is 1. The molecule has 5 nitrogen and oxygen atoms in total. The summed E-state index contributed by atoms with van der Waals surface area (Å²) in [5.74, 6) is 0.847. The van der Waals surface area contributed by atoms with Gasteiger partial charge in [0.1, 0.15) is 5.82 Å². The first kappa shape index (κ1) is 16.5. The van der Waals surface area contributed by atoms with E-state index >= 15 is 0 Å². The van der Waals surface area contributed by atoms with Crippen LogP contribution in [0.1, 0.15) is 19.2 Å². The van der Waals surface area contributed by atoms with Crippen LogP contribution < -0.4 is 5.32 Å². The SMILES string of the molecule is CCOCCC(=O)Nc1c2ccccc2n2c(C)nc3ccccc3c12. The molecule has 0 unspecified atom stereocenters. The van der Waals surface area contributed by atoms with E-state index in [1.54, 1.807) is 0 Å². The van der Waals surface area contributed by atoms with Gasteiger partial charge in [-0.3, -0.25) is 9.20 Å². The normalized spacial score (nSPS) is 11.5. The number of nitrogens with one attached hydrogen (secondary N) is 1. The van der Waals surface area contributed by atoms with Crippen LogP contribution in [0.2, 0.25) is 0 Å². The number of nitrogens with zero attached hydrogens (tertiary/aromatic N) is 2. The van der Waals surface area contributed by atoms with E-state index in [0.717, 1.165) is 38.8 Å². The third kappa shape index (κ3) is 2.70. The van der Waals surface area contributed by atoms with E-state index in [1.165, 1.54) is 0 Å². The quantitative estimate of drug-likeness (QED) is 0.547. The van der Waals surface area contributed by atoms with Gasteiger partial charge >= 0.3 is 0 Å². The van der Waals surface area contributed by atoms with Crippen LogP contribution in [-0.4, -0.2) is 28.5 Å². The Labute approximate surface area is 151 Å². The Balaban J connectivity index is 1.95. The molecule has 0 aliphatic carbocycles. The lowest BCUT2D eigenvalue weighted by atomic mass is 10.1. The largest absolute Gasteiger partial charge is 0.381 e. The van der Waals surface area contributed by atoms with E-state index in [-0.39, 0.29) is 5.91 Å². The highest BCUT2D eigenvalue weighted by Gasteiger charge is 2.18. The Morgan fingerprint density at radius 1 is 1.12 bits per heavy atom. The summed E-state index contributed by atoms with van der Waals surface area (Å²) in [6, 6.07) is 16.1. The number of benzene rings is 2. The molecule has 1 N–H and O–H groups in total. The van der Waals surface area contributed by atoms with Gasteiger partial charge in [-0.1, -0.05) is 36.4 Å². The number of carbonyl (C=O) groups excluding carboxylic acids is 1. The molecule has 0 aliphatic rings.